The van der Waals surface area contributed by atoms with E-state index in [1.807, 2.05) is 0 Å². The Kier molecular flexibility index (Phi) is 22.4. The van der Waals surface area contributed by atoms with E-state index in [0.29, 0.717) is 0 Å². The van der Waals surface area contributed by atoms with Crippen molar-refractivity contribution in [2.45, 2.75) is 181 Å². The smallest absolute Gasteiger partial charge is 0.127 e. The van der Waals surface area contributed by atoms with Crippen molar-refractivity contribution in [2.75, 3.05) is 0 Å². The van der Waals surface area contributed by atoms with Crippen LogP contribution in [0.3, 0.4) is 0 Å². The summed E-state index contributed by atoms with van der Waals surface area (Å²) < 4.78 is 6.29. The van der Waals surface area contributed by atoms with E-state index in [-0.39, 0.29) is 0 Å². The Balaban J connectivity index is 1.65. The highest BCUT2D eigenvalue weighted by molar-refractivity contribution is 5.38. The highest BCUT2D eigenvalue weighted by Gasteiger charge is 2.05. The van der Waals surface area contributed by atoms with Gasteiger partial charge in [0.05, 0.1) is 0 Å². The van der Waals surface area contributed by atoms with Crippen LogP contribution < -0.4 is 4.74 Å². The second kappa shape index (κ2) is 25.9. The Labute approximate surface area is 256 Å². The van der Waals surface area contributed by atoms with E-state index >= 15 is 0 Å². The molecule has 0 unspecified atom stereocenters. The molecule has 0 atom stereocenters. The van der Waals surface area contributed by atoms with Gasteiger partial charge >= 0.3 is 0 Å². The van der Waals surface area contributed by atoms with Gasteiger partial charge in [0.1, 0.15) is 11.5 Å². The van der Waals surface area contributed by atoms with Crippen molar-refractivity contribution in [3.05, 3.63) is 59.7 Å². The third-order valence-corrected chi connectivity index (χ3v) is 8.64. The predicted octanol–water partition coefficient (Wildman–Crippen LogP) is 14.0. The van der Waals surface area contributed by atoms with Crippen molar-refractivity contribution in [2.24, 2.45) is 0 Å². The molecule has 0 spiro atoms. The lowest BCUT2D eigenvalue weighted by Crippen LogP contribution is -1.94. The first-order chi connectivity index (χ1) is 20.3. The van der Waals surface area contributed by atoms with Crippen molar-refractivity contribution < 1.29 is 4.74 Å². The van der Waals surface area contributed by atoms with Crippen LogP contribution in [0.4, 0.5) is 0 Å². The van der Waals surface area contributed by atoms with Gasteiger partial charge in [-0.05, 0) is 61.1 Å². The molecular formula is C40H66O. The van der Waals surface area contributed by atoms with Gasteiger partial charge in [0, 0.05) is 0 Å². The second-order valence-corrected chi connectivity index (χ2v) is 12.7. The van der Waals surface area contributed by atoms with Gasteiger partial charge in [0.15, 0.2) is 0 Å². The Bertz CT molecular complexity index is 780. The normalized spacial score (nSPS) is 11.3. The molecule has 0 heterocycles. The molecule has 232 valence electrons. The third kappa shape index (κ3) is 19.9. The second-order valence-electron chi connectivity index (χ2n) is 12.7. The first-order valence-electron chi connectivity index (χ1n) is 18.2. The van der Waals surface area contributed by atoms with Gasteiger partial charge in [-0.1, -0.05) is 179 Å². The molecule has 1 heteroatoms. The van der Waals surface area contributed by atoms with Crippen LogP contribution in [-0.4, -0.2) is 0 Å². The first-order valence-corrected chi connectivity index (χ1v) is 18.2. The molecule has 2 aromatic rings. The average Bonchev–Trinajstić information content (AvgIpc) is 2.99. The summed E-state index contributed by atoms with van der Waals surface area (Å²) in [5.74, 6) is 1.95. The number of unbranched alkanes of at least 4 members (excludes halogenated alkanes) is 22. The molecule has 0 amide bonds. The van der Waals surface area contributed by atoms with Crippen molar-refractivity contribution in [3.8, 4) is 11.5 Å². The van der Waals surface area contributed by atoms with E-state index in [0.717, 1.165) is 11.5 Å². The van der Waals surface area contributed by atoms with Gasteiger partial charge in [-0.15, -0.1) is 0 Å². The molecule has 0 aliphatic carbocycles. The largest absolute Gasteiger partial charge is 0.457 e. The Hall–Kier alpha value is -1.76. The van der Waals surface area contributed by atoms with Crippen molar-refractivity contribution in [3.63, 3.8) is 0 Å². The minimum atomic E-state index is 0.936. The van der Waals surface area contributed by atoms with E-state index in [9.17, 15) is 0 Å². The summed E-state index contributed by atoms with van der Waals surface area (Å²) in [7, 11) is 0. The summed E-state index contributed by atoms with van der Waals surface area (Å²) in [6, 6.07) is 17.3. The van der Waals surface area contributed by atoms with E-state index < -0.39 is 0 Å². The molecule has 41 heavy (non-hydrogen) atoms. The Morgan fingerprint density at radius 3 is 1.07 bits per heavy atom. The molecule has 0 N–H and O–H groups in total. The molecule has 0 aromatic heterocycles. The molecule has 0 bridgehead atoms. The van der Waals surface area contributed by atoms with Crippen LogP contribution in [0.25, 0.3) is 0 Å². The van der Waals surface area contributed by atoms with Crippen LogP contribution in [0.5, 0.6) is 11.5 Å². The van der Waals surface area contributed by atoms with Crippen LogP contribution in [-0.2, 0) is 12.8 Å². The number of hydrogen-bond donors (Lipinski definition) is 0. The van der Waals surface area contributed by atoms with Crippen LogP contribution in [0, 0.1) is 0 Å². The summed E-state index contributed by atoms with van der Waals surface area (Å²) >= 11 is 0. The van der Waals surface area contributed by atoms with E-state index in [4.69, 9.17) is 4.74 Å². The first kappa shape index (κ1) is 35.4. The maximum atomic E-state index is 6.29. The minimum Gasteiger partial charge on any atom is -0.457 e. The summed E-state index contributed by atoms with van der Waals surface area (Å²) in [4.78, 5) is 0. The van der Waals surface area contributed by atoms with Gasteiger partial charge in [0.2, 0.25) is 0 Å². The Morgan fingerprint density at radius 2 is 0.707 bits per heavy atom. The van der Waals surface area contributed by atoms with E-state index in [1.54, 1.807) is 0 Å². The van der Waals surface area contributed by atoms with Crippen molar-refractivity contribution in [1.82, 2.24) is 0 Å². The maximum absolute atomic E-state index is 6.29. The fraction of sp³-hybridized carbons (Fsp3) is 0.700. The topological polar surface area (TPSA) is 9.23 Å². The molecule has 1 nitrogen and oxygen atoms in total. The predicted molar refractivity (Wildman–Crippen MR) is 183 cm³/mol. The fourth-order valence-electron chi connectivity index (χ4n) is 6.04. The average molecular weight is 563 g/mol. The zero-order valence-corrected chi connectivity index (χ0v) is 27.4. The Morgan fingerprint density at radius 1 is 0.366 bits per heavy atom. The quantitative estimate of drug-likeness (QED) is 0.0937. The van der Waals surface area contributed by atoms with Crippen LogP contribution in [0.15, 0.2) is 48.5 Å². The van der Waals surface area contributed by atoms with Crippen LogP contribution in [0.2, 0.25) is 0 Å². The number of ether oxygens (including phenoxy) is 1. The van der Waals surface area contributed by atoms with Gasteiger partial charge in [-0.2, -0.15) is 0 Å². The number of hydrogen-bond acceptors (Lipinski definition) is 1. The third-order valence-electron chi connectivity index (χ3n) is 8.64. The van der Waals surface area contributed by atoms with Crippen LogP contribution in [0.1, 0.15) is 179 Å². The molecular weight excluding hydrogens is 496 g/mol. The highest BCUT2D eigenvalue weighted by Crippen LogP contribution is 2.26. The number of benzene rings is 2. The van der Waals surface area contributed by atoms with E-state index in [2.05, 4.69) is 62.4 Å². The lowest BCUT2D eigenvalue weighted by molar-refractivity contribution is 0.480. The number of aryl methyl sites for hydroxylation is 2. The molecule has 0 saturated carbocycles. The SMILES string of the molecule is CCCCCCCCCCCCCCc1cc(CCCCCCCCCCCCCC)cc(Oc2ccccc2)c1. The van der Waals surface area contributed by atoms with Crippen molar-refractivity contribution in [1.29, 1.82) is 0 Å². The van der Waals surface area contributed by atoms with Crippen LogP contribution >= 0.6 is 0 Å². The molecule has 0 saturated heterocycles. The summed E-state index contributed by atoms with van der Waals surface area (Å²) in [5, 5.41) is 0. The fourth-order valence-corrected chi connectivity index (χ4v) is 6.04. The number of para-hydroxylation sites is 1. The molecule has 2 rings (SSSR count). The monoisotopic (exact) mass is 563 g/mol. The maximum Gasteiger partial charge on any atom is 0.127 e. The molecule has 0 fully saturated rings. The summed E-state index contributed by atoms with van der Waals surface area (Å²) in [6.45, 7) is 4.60. The standard InChI is InChI=1S/C40H66O/c1-3-5-7-9-11-13-15-17-19-21-23-26-30-37-34-38(36-40(35-37)41-39-32-28-25-29-33-39)31-27-24-22-20-18-16-14-12-10-8-6-4-2/h25,28-29,32-36H,3-24,26-27,30-31H2,1-2H3. The molecule has 0 aliphatic rings. The molecule has 2 aromatic carbocycles. The summed E-state index contributed by atoms with van der Waals surface area (Å²) in [6.07, 6.45) is 36.1. The zero-order chi connectivity index (χ0) is 29.1. The van der Waals surface area contributed by atoms with Gasteiger partial charge in [0.25, 0.3) is 0 Å². The van der Waals surface area contributed by atoms with E-state index in [1.165, 1.54) is 178 Å². The van der Waals surface area contributed by atoms with Gasteiger partial charge in [-0.25, -0.2) is 0 Å². The zero-order valence-electron chi connectivity index (χ0n) is 27.4. The molecule has 0 aliphatic heterocycles. The van der Waals surface area contributed by atoms with Gasteiger partial charge < -0.3 is 4.74 Å². The molecule has 0 radical (unpaired) electrons. The highest BCUT2D eigenvalue weighted by atomic mass is 16.5. The van der Waals surface area contributed by atoms with Crippen molar-refractivity contribution >= 4 is 0 Å². The summed E-state index contributed by atoms with van der Waals surface area (Å²) in [5.41, 5.74) is 2.92. The minimum absolute atomic E-state index is 0.936. The number of rotatable bonds is 28. The lowest BCUT2D eigenvalue weighted by Gasteiger charge is -2.12. The van der Waals surface area contributed by atoms with Gasteiger partial charge in [-0.3, -0.25) is 0 Å². The lowest BCUT2D eigenvalue weighted by atomic mass is 9.99.